The molecule has 0 fully saturated rings. The Kier molecular flexibility index (Phi) is 2.18. The Labute approximate surface area is 82.7 Å². The number of hydrogen-bond acceptors (Lipinski definition) is 2. The lowest BCUT2D eigenvalue weighted by molar-refractivity contribution is 0.312. The summed E-state index contributed by atoms with van der Waals surface area (Å²) in [6, 6.07) is 3.62. The molecule has 0 saturated heterocycles. The van der Waals surface area contributed by atoms with Gasteiger partial charge in [-0.25, -0.2) is 0 Å². The standard InChI is InChI=1S/C10H12ClNO/c1-12-5-4-8-7(6-12)2-3-9(13)10(8)11/h2-3,13H,4-6H2,1H3. The average molecular weight is 198 g/mol. The van der Waals surface area contributed by atoms with E-state index in [0.717, 1.165) is 25.1 Å². The highest BCUT2D eigenvalue weighted by atomic mass is 35.5. The minimum Gasteiger partial charge on any atom is -0.506 e. The van der Waals surface area contributed by atoms with Gasteiger partial charge in [0.15, 0.2) is 0 Å². The lowest BCUT2D eigenvalue weighted by Crippen LogP contribution is -2.26. The molecule has 0 radical (unpaired) electrons. The van der Waals surface area contributed by atoms with Gasteiger partial charge in [-0.15, -0.1) is 0 Å². The minimum atomic E-state index is 0.199. The quantitative estimate of drug-likeness (QED) is 0.688. The lowest BCUT2D eigenvalue weighted by Gasteiger charge is -2.25. The maximum Gasteiger partial charge on any atom is 0.134 e. The number of nitrogens with zero attached hydrogens (tertiary/aromatic N) is 1. The van der Waals surface area contributed by atoms with E-state index in [9.17, 15) is 5.11 Å². The zero-order chi connectivity index (χ0) is 9.42. The molecule has 1 aromatic rings. The van der Waals surface area contributed by atoms with E-state index < -0.39 is 0 Å². The minimum absolute atomic E-state index is 0.199. The molecule has 0 aromatic heterocycles. The van der Waals surface area contributed by atoms with Crippen molar-refractivity contribution in [2.75, 3.05) is 13.6 Å². The molecule has 0 unspecified atom stereocenters. The first-order valence-electron chi connectivity index (χ1n) is 4.36. The SMILES string of the molecule is CN1CCc2c(ccc(O)c2Cl)C1. The summed E-state index contributed by atoms with van der Waals surface area (Å²) in [7, 11) is 2.09. The van der Waals surface area contributed by atoms with Crippen molar-refractivity contribution in [2.24, 2.45) is 0 Å². The van der Waals surface area contributed by atoms with Gasteiger partial charge in [0.05, 0.1) is 5.02 Å². The molecule has 70 valence electrons. The molecule has 1 aromatic carbocycles. The molecule has 0 atom stereocenters. The summed E-state index contributed by atoms with van der Waals surface area (Å²) in [5.41, 5.74) is 2.34. The number of aromatic hydroxyl groups is 1. The third-order valence-electron chi connectivity index (χ3n) is 2.50. The summed E-state index contributed by atoms with van der Waals surface area (Å²) in [5, 5.41) is 9.93. The van der Waals surface area contributed by atoms with Crippen LogP contribution in [-0.4, -0.2) is 23.6 Å². The van der Waals surface area contributed by atoms with Gasteiger partial charge in [0.2, 0.25) is 0 Å². The molecule has 0 saturated carbocycles. The first-order chi connectivity index (χ1) is 6.18. The van der Waals surface area contributed by atoms with Crippen molar-refractivity contribution in [3.8, 4) is 5.75 Å². The fourth-order valence-electron chi connectivity index (χ4n) is 1.74. The molecule has 3 heteroatoms. The molecule has 0 spiro atoms. The first kappa shape index (κ1) is 8.85. The van der Waals surface area contributed by atoms with E-state index in [1.54, 1.807) is 6.07 Å². The van der Waals surface area contributed by atoms with E-state index in [-0.39, 0.29) is 5.75 Å². The first-order valence-corrected chi connectivity index (χ1v) is 4.74. The van der Waals surface area contributed by atoms with E-state index in [1.807, 2.05) is 6.07 Å². The predicted molar refractivity (Wildman–Crippen MR) is 53.2 cm³/mol. The molecule has 1 aliphatic heterocycles. The smallest absolute Gasteiger partial charge is 0.134 e. The fraction of sp³-hybridized carbons (Fsp3) is 0.400. The maximum absolute atomic E-state index is 9.40. The van der Waals surface area contributed by atoms with Gasteiger partial charge >= 0.3 is 0 Å². The van der Waals surface area contributed by atoms with Crippen LogP contribution in [0.3, 0.4) is 0 Å². The summed E-state index contributed by atoms with van der Waals surface area (Å²) in [4.78, 5) is 2.25. The predicted octanol–water partition coefficient (Wildman–Crippen LogP) is 2.03. The molecule has 1 aliphatic rings. The van der Waals surface area contributed by atoms with E-state index in [0.29, 0.717) is 5.02 Å². The van der Waals surface area contributed by atoms with Gasteiger partial charge in [-0.3, -0.25) is 0 Å². The molecule has 0 amide bonds. The van der Waals surface area contributed by atoms with Gasteiger partial charge in [-0.2, -0.15) is 0 Å². The lowest BCUT2D eigenvalue weighted by atomic mass is 10.00. The van der Waals surface area contributed by atoms with Crippen molar-refractivity contribution < 1.29 is 5.11 Å². The summed E-state index contributed by atoms with van der Waals surface area (Å²) >= 11 is 5.99. The third-order valence-corrected chi connectivity index (χ3v) is 2.93. The zero-order valence-electron chi connectivity index (χ0n) is 7.55. The van der Waals surface area contributed by atoms with Gasteiger partial charge in [0.25, 0.3) is 0 Å². The summed E-state index contributed by atoms with van der Waals surface area (Å²) in [5.74, 6) is 0.199. The Hall–Kier alpha value is -0.730. The molecule has 0 aliphatic carbocycles. The van der Waals surface area contributed by atoms with Crippen molar-refractivity contribution in [1.29, 1.82) is 0 Å². The van der Waals surface area contributed by atoms with Crippen LogP contribution < -0.4 is 0 Å². The Morgan fingerprint density at radius 1 is 1.46 bits per heavy atom. The second kappa shape index (κ2) is 3.20. The Bertz CT molecular complexity index is 338. The summed E-state index contributed by atoms with van der Waals surface area (Å²) < 4.78 is 0. The molecule has 2 rings (SSSR count). The fourth-order valence-corrected chi connectivity index (χ4v) is 2.02. The van der Waals surface area contributed by atoms with Crippen LogP contribution in [-0.2, 0) is 13.0 Å². The van der Waals surface area contributed by atoms with Gasteiger partial charge in [-0.05, 0) is 30.7 Å². The number of benzene rings is 1. The van der Waals surface area contributed by atoms with Crippen LogP contribution in [0.5, 0.6) is 5.75 Å². The Balaban J connectivity index is 2.47. The van der Waals surface area contributed by atoms with Crippen LogP contribution in [0.15, 0.2) is 12.1 Å². The molecule has 1 N–H and O–H groups in total. The average Bonchev–Trinajstić information content (AvgIpc) is 2.12. The van der Waals surface area contributed by atoms with Gasteiger partial charge in [-0.1, -0.05) is 17.7 Å². The van der Waals surface area contributed by atoms with E-state index in [4.69, 9.17) is 11.6 Å². The Morgan fingerprint density at radius 2 is 2.23 bits per heavy atom. The van der Waals surface area contributed by atoms with Gasteiger partial charge in [0, 0.05) is 13.1 Å². The van der Waals surface area contributed by atoms with Crippen molar-refractivity contribution in [3.05, 3.63) is 28.3 Å². The maximum atomic E-state index is 9.40. The van der Waals surface area contributed by atoms with Crippen LogP contribution in [0.25, 0.3) is 0 Å². The highest BCUT2D eigenvalue weighted by molar-refractivity contribution is 6.32. The zero-order valence-corrected chi connectivity index (χ0v) is 8.30. The monoisotopic (exact) mass is 197 g/mol. The van der Waals surface area contributed by atoms with E-state index in [2.05, 4.69) is 11.9 Å². The number of fused-ring (bicyclic) bond motifs is 1. The van der Waals surface area contributed by atoms with Gasteiger partial charge < -0.3 is 10.0 Å². The third kappa shape index (κ3) is 1.52. The number of phenols is 1. The van der Waals surface area contributed by atoms with Crippen LogP contribution in [0, 0.1) is 0 Å². The Morgan fingerprint density at radius 3 is 3.00 bits per heavy atom. The van der Waals surface area contributed by atoms with Crippen LogP contribution in [0.2, 0.25) is 5.02 Å². The molecule has 13 heavy (non-hydrogen) atoms. The van der Waals surface area contributed by atoms with Crippen LogP contribution >= 0.6 is 11.6 Å². The van der Waals surface area contributed by atoms with Crippen molar-refractivity contribution in [1.82, 2.24) is 4.90 Å². The molecule has 0 bridgehead atoms. The summed E-state index contributed by atoms with van der Waals surface area (Å²) in [6.07, 6.45) is 0.930. The topological polar surface area (TPSA) is 23.5 Å². The molecular formula is C10H12ClNO. The van der Waals surface area contributed by atoms with Crippen LogP contribution in [0.4, 0.5) is 0 Å². The number of hydrogen-bond donors (Lipinski definition) is 1. The second-order valence-corrected chi connectivity index (χ2v) is 3.90. The van der Waals surface area contributed by atoms with E-state index >= 15 is 0 Å². The number of rotatable bonds is 0. The number of likely N-dealkylation sites (N-methyl/N-ethyl adjacent to an activating group) is 1. The normalized spacial score (nSPS) is 17.1. The number of phenolic OH excluding ortho intramolecular Hbond substituents is 1. The highest BCUT2D eigenvalue weighted by Gasteiger charge is 2.17. The largest absolute Gasteiger partial charge is 0.506 e. The molecule has 2 nitrogen and oxygen atoms in total. The van der Waals surface area contributed by atoms with Crippen molar-refractivity contribution in [2.45, 2.75) is 13.0 Å². The van der Waals surface area contributed by atoms with E-state index in [1.165, 1.54) is 5.56 Å². The molecular weight excluding hydrogens is 186 g/mol. The molecule has 1 heterocycles. The van der Waals surface area contributed by atoms with Crippen LogP contribution in [0.1, 0.15) is 11.1 Å². The second-order valence-electron chi connectivity index (χ2n) is 3.52. The van der Waals surface area contributed by atoms with Gasteiger partial charge in [0.1, 0.15) is 5.75 Å². The highest BCUT2D eigenvalue weighted by Crippen LogP contribution is 2.32. The van der Waals surface area contributed by atoms with Crippen molar-refractivity contribution in [3.63, 3.8) is 0 Å². The van der Waals surface area contributed by atoms with Crippen molar-refractivity contribution >= 4 is 11.6 Å². The summed E-state index contributed by atoms with van der Waals surface area (Å²) in [6.45, 7) is 1.94. The number of halogens is 1.